The largest absolute Gasteiger partial charge is 0.467 e. The van der Waals surface area contributed by atoms with Crippen molar-refractivity contribution >= 4 is 27.8 Å². The third kappa shape index (κ3) is 3.40. The number of esters is 1. The number of morpholine rings is 1. The van der Waals surface area contributed by atoms with Crippen LogP contribution in [0, 0.1) is 0 Å². The Labute approximate surface area is 204 Å². The van der Waals surface area contributed by atoms with Crippen LogP contribution in [0.1, 0.15) is 12.0 Å². The van der Waals surface area contributed by atoms with Crippen LogP contribution in [0.5, 0.6) is 0 Å². The molecule has 0 saturated carbocycles. The molecule has 0 spiro atoms. The smallest absolute Gasteiger partial charge is 0.412 e. The molecule has 2 aromatic rings. The third-order valence-electron chi connectivity index (χ3n) is 7.10. The van der Waals surface area contributed by atoms with E-state index in [1.165, 1.54) is 35.6 Å². The summed E-state index contributed by atoms with van der Waals surface area (Å²) < 4.78 is 45.3. The molecule has 5 rings (SSSR count). The van der Waals surface area contributed by atoms with Crippen LogP contribution in [0.4, 0.5) is 10.5 Å². The van der Waals surface area contributed by atoms with Crippen molar-refractivity contribution in [1.82, 2.24) is 9.80 Å². The van der Waals surface area contributed by atoms with Gasteiger partial charge in [0.25, 0.3) is 10.0 Å². The van der Waals surface area contributed by atoms with Gasteiger partial charge in [0.2, 0.25) is 0 Å². The van der Waals surface area contributed by atoms with E-state index in [1.807, 2.05) is 12.1 Å². The molecule has 3 heterocycles. The zero-order valence-corrected chi connectivity index (χ0v) is 20.3. The molecule has 0 unspecified atom stereocenters. The first-order chi connectivity index (χ1) is 16.9. The van der Waals surface area contributed by atoms with Crippen molar-refractivity contribution in [2.45, 2.75) is 29.1 Å². The average Bonchev–Trinajstić information content (AvgIpc) is 3.40. The third-order valence-corrected chi connectivity index (χ3v) is 8.88. The van der Waals surface area contributed by atoms with Crippen LogP contribution >= 0.6 is 0 Å². The summed E-state index contributed by atoms with van der Waals surface area (Å²) in [6.07, 6.45) is -1.72. The van der Waals surface area contributed by atoms with Gasteiger partial charge in [-0.25, -0.2) is 22.3 Å². The average molecular weight is 502 g/mol. The van der Waals surface area contributed by atoms with Crippen LogP contribution in [0.15, 0.2) is 59.5 Å². The maximum atomic E-state index is 14.2. The van der Waals surface area contributed by atoms with Crippen molar-refractivity contribution in [1.29, 1.82) is 0 Å². The van der Waals surface area contributed by atoms with E-state index in [1.54, 1.807) is 30.3 Å². The van der Waals surface area contributed by atoms with E-state index in [0.717, 1.165) is 5.56 Å². The summed E-state index contributed by atoms with van der Waals surface area (Å²) in [4.78, 5) is 29.6. The van der Waals surface area contributed by atoms with E-state index < -0.39 is 39.8 Å². The summed E-state index contributed by atoms with van der Waals surface area (Å²) in [6, 6.07) is 14.2. The van der Waals surface area contributed by atoms with Gasteiger partial charge in [0, 0.05) is 25.1 Å². The molecule has 2 fully saturated rings. The van der Waals surface area contributed by atoms with Crippen LogP contribution in [-0.2, 0) is 34.6 Å². The normalized spacial score (nSPS) is 26.2. The van der Waals surface area contributed by atoms with E-state index in [4.69, 9.17) is 14.2 Å². The maximum absolute atomic E-state index is 14.2. The minimum atomic E-state index is -4.14. The van der Waals surface area contributed by atoms with Crippen molar-refractivity contribution in [3.8, 4) is 0 Å². The van der Waals surface area contributed by atoms with E-state index >= 15 is 0 Å². The highest BCUT2D eigenvalue weighted by Gasteiger charge is 2.68. The Balaban J connectivity index is 1.79. The molecule has 0 bridgehead atoms. The first-order valence-corrected chi connectivity index (χ1v) is 12.8. The lowest BCUT2D eigenvalue weighted by molar-refractivity contribution is -0.145. The van der Waals surface area contributed by atoms with Gasteiger partial charge in [-0.2, -0.15) is 0 Å². The van der Waals surface area contributed by atoms with Crippen LogP contribution in [0.2, 0.25) is 0 Å². The van der Waals surface area contributed by atoms with E-state index in [9.17, 15) is 18.0 Å². The van der Waals surface area contributed by atoms with Crippen molar-refractivity contribution in [3.63, 3.8) is 0 Å². The Hall–Kier alpha value is -3.15. The fraction of sp³-hybridized carbons (Fsp3) is 0.417. The molecular formula is C24H27N3O7S. The van der Waals surface area contributed by atoms with Crippen molar-refractivity contribution < 1.29 is 32.2 Å². The molecule has 0 aromatic heterocycles. The van der Waals surface area contributed by atoms with Crippen LogP contribution in [0.25, 0.3) is 0 Å². The molecule has 11 heteroatoms. The number of hydrogen-bond acceptors (Lipinski definition) is 8. The van der Waals surface area contributed by atoms with E-state index in [-0.39, 0.29) is 11.3 Å². The molecule has 10 nitrogen and oxygen atoms in total. The Bertz CT molecular complexity index is 1230. The quantitative estimate of drug-likeness (QED) is 0.584. The number of anilines is 1. The number of hydrogen-bond donors (Lipinski definition) is 0. The Morgan fingerprint density at radius 2 is 1.63 bits per heavy atom. The van der Waals surface area contributed by atoms with Crippen molar-refractivity contribution in [3.05, 3.63) is 60.2 Å². The van der Waals surface area contributed by atoms with Crippen LogP contribution < -0.4 is 4.31 Å². The SMILES string of the molecule is COC(=O)[C@@H]1C[C@]2(N3CCOCC3)c3ccccc3N(S(=O)(=O)c3ccccc3)[C@@H]2N1C(=O)OC. The molecule has 35 heavy (non-hydrogen) atoms. The predicted molar refractivity (Wildman–Crippen MR) is 125 cm³/mol. The lowest BCUT2D eigenvalue weighted by Crippen LogP contribution is -2.61. The summed E-state index contributed by atoms with van der Waals surface area (Å²) in [5.74, 6) is -0.632. The molecule has 2 saturated heterocycles. The number of nitrogens with zero attached hydrogens (tertiary/aromatic N) is 3. The van der Waals surface area contributed by atoms with Gasteiger partial charge in [0.05, 0.1) is 43.6 Å². The fourth-order valence-corrected chi connectivity index (χ4v) is 7.36. The van der Waals surface area contributed by atoms with Crippen molar-refractivity contribution in [2.24, 2.45) is 0 Å². The number of carbonyl (C=O) groups excluding carboxylic acids is 2. The fourth-order valence-electron chi connectivity index (χ4n) is 5.68. The van der Waals surface area contributed by atoms with Crippen LogP contribution in [0.3, 0.4) is 0 Å². The van der Waals surface area contributed by atoms with Gasteiger partial charge in [-0.05, 0) is 18.2 Å². The van der Waals surface area contributed by atoms with E-state index in [0.29, 0.717) is 32.0 Å². The van der Waals surface area contributed by atoms with Gasteiger partial charge in [-0.1, -0.05) is 36.4 Å². The number of carbonyl (C=O) groups is 2. The Morgan fingerprint density at radius 3 is 2.29 bits per heavy atom. The van der Waals surface area contributed by atoms with Gasteiger partial charge in [-0.15, -0.1) is 0 Å². The summed E-state index contributed by atoms with van der Waals surface area (Å²) >= 11 is 0. The van der Waals surface area contributed by atoms with Gasteiger partial charge >= 0.3 is 12.1 Å². The molecule has 1 amide bonds. The molecule has 186 valence electrons. The lowest BCUT2D eigenvalue weighted by Gasteiger charge is -2.45. The van der Waals surface area contributed by atoms with Gasteiger partial charge < -0.3 is 14.2 Å². The van der Waals surface area contributed by atoms with Gasteiger partial charge in [0.1, 0.15) is 12.2 Å². The highest BCUT2D eigenvalue weighted by atomic mass is 32.2. The molecule has 0 aliphatic carbocycles. The number of para-hydroxylation sites is 1. The highest BCUT2D eigenvalue weighted by Crippen LogP contribution is 2.57. The maximum Gasteiger partial charge on any atom is 0.412 e. The van der Waals surface area contributed by atoms with Gasteiger partial charge in [0.15, 0.2) is 0 Å². The number of sulfonamides is 1. The molecule has 3 aliphatic heterocycles. The number of methoxy groups -OCH3 is 2. The Morgan fingerprint density at radius 1 is 0.971 bits per heavy atom. The second-order valence-electron chi connectivity index (χ2n) is 8.65. The van der Waals surface area contributed by atoms with E-state index in [2.05, 4.69) is 4.90 Å². The molecule has 3 atom stereocenters. The standard InChI is InChI=1S/C24H27N3O7S/c1-32-21(28)20-16-24(25-12-14-34-15-13-25)18-10-6-7-11-19(18)27(22(24)26(20)23(29)33-2)35(30,31)17-8-4-3-5-9-17/h3-11,20,22H,12-16H2,1-2H3/t20-,22-,24-/m0/s1. The number of amides is 1. The summed E-state index contributed by atoms with van der Waals surface area (Å²) in [5.41, 5.74) is 0.187. The number of benzene rings is 2. The molecule has 3 aliphatic rings. The first kappa shape index (κ1) is 23.6. The Kier molecular flexibility index (Phi) is 5.94. The number of fused-ring (bicyclic) bond motifs is 3. The predicted octanol–water partition coefficient (Wildman–Crippen LogP) is 1.76. The molecule has 2 aromatic carbocycles. The summed E-state index contributed by atoms with van der Waals surface area (Å²) in [5, 5.41) is 0. The summed E-state index contributed by atoms with van der Waals surface area (Å²) in [6.45, 7) is 1.91. The highest BCUT2D eigenvalue weighted by molar-refractivity contribution is 7.92. The summed E-state index contributed by atoms with van der Waals surface area (Å²) in [7, 11) is -1.68. The minimum absolute atomic E-state index is 0.0823. The number of rotatable bonds is 4. The van der Waals surface area contributed by atoms with Crippen LogP contribution in [-0.4, -0.2) is 83.0 Å². The number of likely N-dealkylation sites (tertiary alicyclic amines) is 1. The monoisotopic (exact) mass is 501 g/mol. The van der Waals surface area contributed by atoms with Gasteiger partial charge in [-0.3, -0.25) is 9.80 Å². The second kappa shape index (κ2) is 8.81. The zero-order chi connectivity index (χ0) is 24.8. The molecule has 0 radical (unpaired) electrons. The number of ether oxygens (including phenoxy) is 3. The topological polar surface area (TPSA) is 106 Å². The second-order valence-corrected chi connectivity index (χ2v) is 10.5. The zero-order valence-electron chi connectivity index (χ0n) is 19.5. The first-order valence-electron chi connectivity index (χ1n) is 11.3. The molecule has 0 N–H and O–H groups in total. The van der Waals surface area contributed by atoms with Crippen molar-refractivity contribution in [2.75, 3.05) is 44.8 Å². The molecular weight excluding hydrogens is 474 g/mol. The lowest BCUT2D eigenvalue weighted by atomic mass is 9.85. The minimum Gasteiger partial charge on any atom is -0.467 e.